The molecular weight excluding hydrogens is 432 g/mol. The van der Waals surface area contributed by atoms with Crippen molar-refractivity contribution in [2.24, 2.45) is 28.6 Å². The monoisotopic (exact) mass is 464 g/mol. The van der Waals surface area contributed by atoms with Gasteiger partial charge in [0.25, 0.3) is 5.97 Å². The summed E-state index contributed by atoms with van der Waals surface area (Å²) in [5, 5.41) is 11.7. The van der Waals surface area contributed by atoms with Crippen molar-refractivity contribution in [3.05, 3.63) is 23.8 Å². The van der Waals surface area contributed by atoms with Crippen molar-refractivity contribution in [2.45, 2.75) is 75.9 Å². The van der Waals surface area contributed by atoms with Gasteiger partial charge in [0.15, 0.2) is 11.6 Å². The Hall–Kier alpha value is -1.05. The average molecular weight is 465 g/mol. The van der Waals surface area contributed by atoms with Gasteiger partial charge in [0.05, 0.1) is 11.0 Å². The summed E-state index contributed by atoms with van der Waals surface area (Å²) in [6.07, 6.45) is 6.89. The van der Waals surface area contributed by atoms with Crippen molar-refractivity contribution >= 4 is 23.2 Å². The molecular formula is C25H33ClO6. The molecule has 0 amide bonds. The van der Waals surface area contributed by atoms with Crippen LogP contribution in [-0.4, -0.2) is 52.9 Å². The number of aliphatic hydroxyl groups excluding tert-OH is 1. The second-order valence-electron chi connectivity index (χ2n) is 11.0. The van der Waals surface area contributed by atoms with E-state index in [-0.39, 0.29) is 35.9 Å². The number of carbonyl (C=O) groups is 2. The van der Waals surface area contributed by atoms with E-state index in [2.05, 4.69) is 13.8 Å². The average Bonchev–Trinajstić information content (AvgIpc) is 2.95. The lowest BCUT2D eigenvalue weighted by molar-refractivity contribution is -0.419. The molecule has 4 fully saturated rings. The summed E-state index contributed by atoms with van der Waals surface area (Å²) >= 11 is 7.48. The molecule has 4 aliphatic carbocycles. The van der Waals surface area contributed by atoms with E-state index in [1.165, 1.54) is 7.11 Å². The van der Waals surface area contributed by atoms with Crippen LogP contribution in [0.4, 0.5) is 0 Å². The molecule has 32 heavy (non-hydrogen) atoms. The molecule has 6 nitrogen and oxygen atoms in total. The lowest BCUT2D eigenvalue weighted by Gasteiger charge is -2.64. The Morgan fingerprint density at radius 1 is 1.22 bits per heavy atom. The number of Topliss-reactive ketones (excluding diaryl/α,β-unsaturated/α-hetero) is 1. The van der Waals surface area contributed by atoms with Gasteiger partial charge < -0.3 is 19.3 Å². The Kier molecular flexibility index (Phi) is 4.80. The Labute approximate surface area is 194 Å². The van der Waals surface area contributed by atoms with E-state index < -0.39 is 33.4 Å². The van der Waals surface area contributed by atoms with Gasteiger partial charge in [0.1, 0.15) is 12.2 Å². The second-order valence-corrected chi connectivity index (χ2v) is 11.6. The fraction of sp³-hybridized carbons (Fsp3) is 0.760. The number of fused-ring (bicyclic) bond motifs is 6. The number of aliphatic hydroxyl groups is 1. The number of halogens is 1. The van der Waals surface area contributed by atoms with Crippen LogP contribution >= 0.6 is 11.6 Å². The highest BCUT2D eigenvalue weighted by molar-refractivity contribution is 6.26. The maximum atomic E-state index is 13.5. The normalized spacial score (nSPS) is 54.8. The first-order valence-electron chi connectivity index (χ1n) is 11.6. The zero-order valence-corrected chi connectivity index (χ0v) is 20.2. The summed E-state index contributed by atoms with van der Waals surface area (Å²) in [4.78, 5) is 24.6. The van der Waals surface area contributed by atoms with E-state index >= 15 is 0 Å². The van der Waals surface area contributed by atoms with Gasteiger partial charge in [-0.05, 0) is 55.6 Å². The summed E-state index contributed by atoms with van der Waals surface area (Å²) in [6.45, 7) is 7.78. The first-order chi connectivity index (χ1) is 14.9. The number of hydrogen-bond donors (Lipinski definition) is 1. The highest BCUT2D eigenvalue weighted by Crippen LogP contribution is 2.72. The second kappa shape index (κ2) is 6.76. The number of hydrogen-bond acceptors (Lipinski definition) is 6. The maximum absolute atomic E-state index is 13.5. The number of carbonyl (C=O) groups excluding carboxylic acids is 2. The van der Waals surface area contributed by atoms with Gasteiger partial charge in [-0.3, -0.25) is 9.59 Å². The van der Waals surface area contributed by atoms with Crippen molar-refractivity contribution < 1.29 is 28.9 Å². The Morgan fingerprint density at radius 2 is 1.94 bits per heavy atom. The predicted molar refractivity (Wildman–Crippen MR) is 118 cm³/mol. The first-order valence-corrected chi connectivity index (χ1v) is 12.0. The minimum absolute atomic E-state index is 0.0279. The number of ether oxygens (including phenoxy) is 3. The lowest BCUT2D eigenvalue weighted by atomic mass is 9.45. The van der Waals surface area contributed by atoms with Crippen molar-refractivity contribution in [2.75, 3.05) is 13.7 Å². The molecule has 0 aromatic carbocycles. The topological polar surface area (TPSA) is 82.1 Å². The highest BCUT2D eigenvalue weighted by atomic mass is 35.5. The van der Waals surface area contributed by atoms with Crippen molar-refractivity contribution in [1.82, 2.24) is 0 Å². The number of rotatable bonds is 1. The van der Waals surface area contributed by atoms with Crippen molar-refractivity contribution in [3.8, 4) is 0 Å². The fourth-order valence-electron chi connectivity index (χ4n) is 8.13. The summed E-state index contributed by atoms with van der Waals surface area (Å²) in [6, 6.07) is 0. The standard InChI is InChI=1S/C25H33ClO6/c1-14-10-18-17-7-6-15-11-16(27)8-9-21(15,2)24(17,26)19(28)12-22(18,3)25(14)20(29)13-31-23(4,30-5)32-25/h8-9,11,14,17-19,28H,6-7,10,12-13H2,1-5H3/t14-,17-,18-,19-,21-,22-,23?,24-,25-/m0/s1. The van der Waals surface area contributed by atoms with Crippen LogP contribution in [0.5, 0.6) is 0 Å². The molecule has 1 heterocycles. The van der Waals surface area contributed by atoms with E-state index in [0.717, 1.165) is 24.8 Å². The third kappa shape index (κ3) is 2.46. The van der Waals surface area contributed by atoms with Crippen LogP contribution in [-0.2, 0) is 23.8 Å². The Bertz CT molecular complexity index is 945. The predicted octanol–water partition coefficient (Wildman–Crippen LogP) is 3.55. The van der Waals surface area contributed by atoms with Gasteiger partial charge in [0, 0.05) is 24.9 Å². The Balaban J connectivity index is 1.62. The fourth-order valence-corrected chi connectivity index (χ4v) is 8.65. The van der Waals surface area contributed by atoms with E-state index in [4.69, 9.17) is 25.8 Å². The molecule has 9 atom stereocenters. The quantitative estimate of drug-likeness (QED) is 0.597. The number of allylic oxidation sites excluding steroid dienone is 4. The van der Waals surface area contributed by atoms with Gasteiger partial charge in [-0.2, -0.15) is 0 Å². The minimum atomic E-state index is -1.32. The highest BCUT2D eigenvalue weighted by Gasteiger charge is 2.77. The van der Waals surface area contributed by atoms with Gasteiger partial charge in [-0.15, -0.1) is 11.6 Å². The zero-order chi connectivity index (χ0) is 23.3. The zero-order valence-electron chi connectivity index (χ0n) is 19.4. The van der Waals surface area contributed by atoms with E-state index in [1.54, 1.807) is 19.1 Å². The van der Waals surface area contributed by atoms with Gasteiger partial charge in [0.2, 0.25) is 0 Å². The summed E-state index contributed by atoms with van der Waals surface area (Å²) in [5.74, 6) is -1.48. The molecule has 1 aliphatic heterocycles. The number of alkyl halides is 1. The molecule has 1 saturated heterocycles. The molecule has 1 N–H and O–H groups in total. The third-order valence-electron chi connectivity index (χ3n) is 9.78. The van der Waals surface area contributed by atoms with E-state index in [0.29, 0.717) is 6.42 Å². The van der Waals surface area contributed by atoms with Gasteiger partial charge in [-0.25, -0.2) is 0 Å². The molecule has 5 aliphatic rings. The maximum Gasteiger partial charge on any atom is 0.281 e. The molecule has 7 heteroatoms. The van der Waals surface area contributed by atoms with E-state index in [1.807, 2.05) is 13.0 Å². The molecule has 0 aromatic rings. The largest absolute Gasteiger partial charge is 0.391 e. The van der Waals surface area contributed by atoms with E-state index in [9.17, 15) is 14.7 Å². The van der Waals surface area contributed by atoms with Crippen molar-refractivity contribution in [3.63, 3.8) is 0 Å². The molecule has 176 valence electrons. The molecule has 1 spiro atoms. The molecule has 1 unspecified atom stereocenters. The minimum Gasteiger partial charge on any atom is -0.391 e. The summed E-state index contributed by atoms with van der Waals surface area (Å²) < 4.78 is 17.6. The van der Waals surface area contributed by atoms with Gasteiger partial charge in [-0.1, -0.05) is 32.4 Å². The van der Waals surface area contributed by atoms with Crippen LogP contribution in [0.1, 0.15) is 53.4 Å². The van der Waals surface area contributed by atoms with Crippen LogP contribution in [0.15, 0.2) is 23.8 Å². The molecule has 0 radical (unpaired) electrons. The van der Waals surface area contributed by atoms with Gasteiger partial charge >= 0.3 is 0 Å². The van der Waals surface area contributed by atoms with Crippen molar-refractivity contribution in [1.29, 1.82) is 0 Å². The van der Waals surface area contributed by atoms with Crippen LogP contribution in [0.25, 0.3) is 0 Å². The van der Waals surface area contributed by atoms with Crippen LogP contribution in [0.2, 0.25) is 0 Å². The SMILES string of the molecule is COC1(C)OCC(=O)[C@@]2(O1)[C@@H](C)C[C@H]1[C@@H]3CCC4=CC(=O)C=C[C@]4(C)[C@@]3(Cl)[C@@H](O)C[C@@]12C. The molecule has 0 bridgehead atoms. The first kappa shape index (κ1) is 22.7. The van der Waals surface area contributed by atoms with Crippen LogP contribution in [0.3, 0.4) is 0 Å². The molecule has 3 saturated carbocycles. The van der Waals surface area contributed by atoms with Crippen LogP contribution in [0, 0.1) is 28.6 Å². The lowest BCUT2D eigenvalue weighted by Crippen LogP contribution is -2.71. The summed E-state index contributed by atoms with van der Waals surface area (Å²) in [5.41, 5.74) is -1.37. The Morgan fingerprint density at radius 3 is 2.62 bits per heavy atom. The summed E-state index contributed by atoms with van der Waals surface area (Å²) in [7, 11) is 1.51. The molecule has 0 aromatic heterocycles. The molecule has 5 rings (SSSR count). The van der Waals surface area contributed by atoms with Crippen LogP contribution < -0.4 is 0 Å². The number of methoxy groups -OCH3 is 1. The number of ketones is 2. The third-order valence-corrected chi connectivity index (χ3v) is 10.7. The smallest absolute Gasteiger partial charge is 0.281 e.